The van der Waals surface area contributed by atoms with Crippen LogP contribution in [0.1, 0.15) is 9.75 Å². The number of carbonyl (C=O) groups excluding carboxylic acids is 1. The van der Waals surface area contributed by atoms with Gasteiger partial charge in [-0.2, -0.15) is 0 Å². The Hall–Kier alpha value is -2.39. The Morgan fingerprint density at radius 2 is 1.58 bits per heavy atom. The van der Waals surface area contributed by atoms with E-state index in [9.17, 15) is 4.79 Å². The number of ether oxygens (including phenoxy) is 2. The minimum Gasteiger partial charge on any atom is -0.486 e. The summed E-state index contributed by atoms with van der Waals surface area (Å²) in [6.45, 7) is 7.03. The van der Waals surface area contributed by atoms with Crippen molar-refractivity contribution in [2.45, 2.75) is 13.0 Å². The van der Waals surface area contributed by atoms with Gasteiger partial charge in [0.25, 0.3) is 0 Å². The number of anilines is 1. The van der Waals surface area contributed by atoms with Gasteiger partial charge in [-0.1, -0.05) is 12.1 Å². The van der Waals surface area contributed by atoms with Gasteiger partial charge in [-0.15, -0.1) is 22.7 Å². The van der Waals surface area contributed by atoms with E-state index in [1.807, 2.05) is 40.5 Å². The Morgan fingerprint density at radius 1 is 0.879 bits per heavy atom. The third kappa shape index (κ3) is 5.76. The minimum absolute atomic E-state index is 0.118. The van der Waals surface area contributed by atoms with E-state index in [0.29, 0.717) is 32.1 Å². The molecule has 2 aliphatic rings. The quantitative estimate of drug-likeness (QED) is 0.485. The number of hydrogen-bond donors (Lipinski definition) is 0. The van der Waals surface area contributed by atoms with E-state index in [4.69, 9.17) is 9.47 Å². The molecule has 0 spiro atoms. The largest absolute Gasteiger partial charge is 0.486 e. The van der Waals surface area contributed by atoms with E-state index in [-0.39, 0.29) is 5.91 Å². The molecule has 1 saturated heterocycles. The van der Waals surface area contributed by atoms with Gasteiger partial charge in [0, 0.05) is 54.2 Å². The molecule has 33 heavy (non-hydrogen) atoms. The highest BCUT2D eigenvalue weighted by Gasteiger charge is 2.24. The number of fused-ring (bicyclic) bond motifs is 1. The van der Waals surface area contributed by atoms with Crippen molar-refractivity contribution in [2.24, 2.45) is 0 Å². The number of thiophene rings is 2. The molecule has 0 unspecified atom stereocenters. The summed E-state index contributed by atoms with van der Waals surface area (Å²) in [5.74, 6) is 1.57. The van der Waals surface area contributed by atoms with Crippen molar-refractivity contribution < 1.29 is 14.3 Å². The van der Waals surface area contributed by atoms with Crippen LogP contribution in [0.2, 0.25) is 0 Å². The van der Waals surface area contributed by atoms with Gasteiger partial charge in [0.05, 0.1) is 13.1 Å². The number of rotatable bonds is 8. The van der Waals surface area contributed by atoms with Crippen LogP contribution >= 0.6 is 22.7 Å². The van der Waals surface area contributed by atoms with Crippen LogP contribution in [0.5, 0.6) is 11.5 Å². The Kier molecular flexibility index (Phi) is 7.26. The average molecular weight is 484 g/mol. The lowest BCUT2D eigenvalue weighted by molar-refractivity contribution is -0.120. The summed E-state index contributed by atoms with van der Waals surface area (Å²) in [5.41, 5.74) is 0.854. The van der Waals surface area contributed by atoms with Crippen LogP contribution in [0.15, 0.2) is 53.2 Å². The van der Waals surface area contributed by atoms with E-state index < -0.39 is 0 Å². The fourth-order valence-corrected chi connectivity index (χ4v) is 5.64. The van der Waals surface area contributed by atoms with Crippen LogP contribution in [0.25, 0.3) is 0 Å². The maximum atomic E-state index is 13.5. The molecule has 8 heteroatoms. The predicted molar refractivity (Wildman–Crippen MR) is 134 cm³/mol. The fraction of sp³-hybridized carbons (Fsp3) is 0.400. The number of piperazine rings is 1. The number of nitrogens with zero attached hydrogens (tertiary/aromatic N) is 3. The van der Waals surface area contributed by atoms with Gasteiger partial charge in [0.1, 0.15) is 13.2 Å². The lowest BCUT2D eigenvalue weighted by Gasteiger charge is -2.35. The van der Waals surface area contributed by atoms with Gasteiger partial charge in [0.15, 0.2) is 11.5 Å². The van der Waals surface area contributed by atoms with Gasteiger partial charge in [0.2, 0.25) is 5.91 Å². The summed E-state index contributed by atoms with van der Waals surface area (Å²) in [7, 11) is 0. The molecule has 2 aromatic heterocycles. The topological polar surface area (TPSA) is 45.3 Å². The summed E-state index contributed by atoms with van der Waals surface area (Å²) in [4.78, 5) is 22.7. The molecule has 1 amide bonds. The second kappa shape index (κ2) is 10.7. The molecule has 0 radical (unpaired) electrons. The summed E-state index contributed by atoms with van der Waals surface area (Å²) >= 11 is 3.50. The molecule has 2 aliphatic heterocycles. The molecule has 5 rings (SSSR count). The summed E-state index contributed by atoms with van der Waals surface area (Å²) < 4.78 is 11.4. The van der Waals surface area contributed by atoms with E-state index >= 15 is 0 Å². The molecule has 0 saturated carbocycles. The van der Waals surface area contributed by atoms with Crippen molar-refractivity contribution in [3.05, 3.63) is 63.0 Å². The highest BCUT2D eigenvalue weighted by atomic mass is 32.1. The number of carbonyl (C=O) groups is 1. The molecule has 4 heterocycles. The molecular weight excluding hydrogens is 454 g/mol. The van der Waals surface area contributed by atoms with Gasteiger partial charge in [-0.25, -0.2) is 0 Å². The molecule has 3 aromatic rings. The van der Waals surface area contributed by atoms with Crippen molar-refractivity contribution in [3.8, 4) is 11.5 Å². The highest BCUT2D eigenvalue weighted by Crippen LogP contribution is 2.34. The normalized spacial score (nSPS) is 16.6. The molecule has 0 aliphatic carbocycles. The standard InChI is InChI=1S/C25H29N3O3S2/c29-25(19-27-11-9-26(10-12-27)8-7-21-3-1-15-32-21)28(18-22-4-2-16-33-22)20-5-6-23-24(17-20)31-14-13-30-23/h1-6,15-17H,7-14,18-19H2. The van der Waals surface area contributed by atoms with Crippen molar-refractivity contribution in [2.75, 3.05) is 57.4 Å². The van der Waals surface area contributed by atoms with Crippen LogP contribution in [-0.2, 0) is 17.8 Å². The zero-order valence-corrected chi connectivity index (χ0v) is 20.3. The number of hydrogen-bond acceptors (Lipinski definition) is 7. The van der Waals surface area contributed by atoms with Crippen molar-refractivity contribution in [1.29, 1.82) is 0 Å². The number of benzene rings is 1. The second-order valence-corrected chi connectivity index (χ2v) is 10.4. The highest BCUT2D eigenvalue weighted by molar-refractivity contribution is 7.10. The lowest BCUT2D eigenvalue weighted by atomic mass is 10.2. The van der Waals surface area contributed by atoms with Crippen molar-refractivity contribution in [1.82, 2.24) is 9.80 Å². The van der Waals surface area contributed by atoms with Crippen LogP contribution in [-0.4, -0.2) is 68.2 Å². The molecule has 1 fully saturated rings. The van der Waals surface area contributed by atoms with Crippen LogP contribution < -0.4 is 14.4 Å². The van der Waals surface area contributed by atoms with Gasteiger partial charge < -0.3 is 19.3 Å². The average Bonchev–Trinajstić information content (AvgIpc) is 3.56. The fourth-order valence-electron chi connectivity index (χ4n) is 4.25. The van der Waals surface area contributed by atoms with Crippen molar-refractivity contribution in [3.63, 3.8) is 0 Å². The molecule has 1 aromatic carbocycles. The summed E-state index contributed by atoms with van der Waals surface area (Å²) in [6, 6.07) is 14.2. The van der Waals surface area contributed by atoms with Crippen molar-refractivity contribution >= 4 is 34.3 Å². The zero-order valence-electron chi connectivity index (χ0n) is 18.7. The first kappa shape index (κ1) is 22.4. The van der Waals surface area contributed by atoms with E-state index in [2.05, 4.69) is 38.8 Å². The molecule has 0 bridgehead atoms. The first-order chi connectivity index (χ1) is 16.2. The first-order valence-corrected chi connectivity index (χ1v) is 13.2. The molecule has 174 valence electrons. The molecule has 0 N–H and O–H groups in total. The molecule has 6 nitrogen and oxygen atoms in total. The zero-order chi connectivity index (χ0) is 22.5. The Bertz CT molecular complexity index is 1030. The predicted octanol–water partition coefficient (Wildman–Crippen LogP) is 3.97. The van der Waals surface area contributed by atoms with E-state index in [0.717, 1.165) is 55.5 Å². The van der Waals surface area contributed by atoms with Gasteiger partial charge in [-0.3, -0.25) is 9.69 Å². The van der Waals surface area contributed by atoms with Crippen LogP contribution in [0.4, 0.5) is 5.69 Å². The van der Waals surface area contributed by atoms with Crippen LogP contribution in [0.3, 0.4) is 0 Å². The van der Waals surface area contributed by atoms with E-state index in [1.165, 1.54) is 4.88 Å². The SMILES string of the molecule is O=C(CN1CCN(CCc2cccs2)CC1)N(Cc1cccs1)c1ccc2c(c1)OCCO2. The van der Waals surface area contributed by atoms with Gasteiger partial charge in [-0.05, 0) is 41.4 Å². The third-order valence-corrected chi connectivity index (χ3v) is 7.91. The maximum Gasteiger partial charge on any atom is 0.241 e. The smallest absolute Gasteiger partial charge is 0.241 e. The third-order valence-electron chi connectivity index (χ3n) is 6.11. The minimum atomic E-state index is 0.118. The summed E-state index contributed by atoms with van der Waals surface area (Å²) in [5, 5.41) is 4.19. The van der Waals surface area contributed by atoms with Crippen LogP contribution in [0, 0.1) is 0 Å². The summed E-state index contributed by atoms with van der Waals surface area (Å²) in [6.07, 6.45) is 1.11. The molecular formula is C25H29N3O3S2. The Morgan fingerprint density at radius 3 is 2.30 bits per heavy atom. The number of amides is 1. The lowest BCUT2D eigenvalue weighted by Crippen LogP contribution is -2.50. The van der Waals surface area contributed by atoms with Gasteiger partial charge >= 0.3 is 0 Å². The molecule has 0 atom stereocenters. The second-order valence-electron chi connectivity index (χ2n) is 8.33. The Balaban J connectivity index is 1.21. The monoisotopic (exact) mass is 483 g/mol. The maximum absolute atomic E-state index is 13.5. The Labute approximate surface area is 202 Å². The van der Waals surface area contributed by atoms with E-state index in [1.54, 1.807) is 11.3 Å². The first-order valence-electron chi connectivity index (χ1n) is 11.4.